The zero-order chi connectivity index (χ0) is 27.8. The maximum atomic E-state index is 15.6. The number of hydrogen-bond donors (Lipinski definition) is 2. The molecule has 5 rings (SSSR count). The summed E-state index contributed by atoms with van der Waals surface area (Å²) in [6.07, 6.45) is 3.38. The molecule has 39 heavy (non-hydrogen) atoms. The van der Waals surface area contributed by atoms with Crippen LogP contribution in [0.25, 0.3) is 33.4 Å². The maximum absolute atomic E-state index is 15.6. The van der Waals surface area contributed by atoms with Gasteiger partial charge >= 0.3 is 6.01 Å². The molecule has 0 unspecified atom stereocenters. The lowest BCUT2D eigenvalue weighted by atomic mass is 9.97. The lowest BCUT2D eigenvalue weighted by molar-refractivity contribution is -0.112. The second-order valence-electron chi connectivity index (χ2n) is 8.94. The van der Waals surface area contributed by atoms with Crippen LogP contribution in [-0.2, 0) is 11.8 Å². The van der Waals surface area contributed by atoms with E-state index in [1.807, 2.05) is 13.0 Å². The summed E-state index contributed by atoms with van der Waals surface area (Å²) < 4.78 is 36.2. The highest BCUT2D eigenvalue weighted by atomic mass is 19.1. The molecule has 0 saturated heterocycles. The highest BCUT2D eigenvalue weighted by molar-refractivity contribution is 6.08. The highest BCUT2D eigenvalue weighted by Crippen LogP contribution is 2.43. The number of aryl methyl sites for hydroxylation is 2. The smallest absolute Gasteiger partial charge is 0.322 e. The number of anilines is 2. The standard InChI is InChI=1S/C28H23F2N7O2/c1-14(2)27(38)36-18-6-7-19(20(30)10-18)24-22(23-25(31)34-13-35-26(23)37(24)4)16-5-8-21(15(3)9-16)39-28-32-11-17(29)12-33-28/h5-13H,1H2,2-4H3,(H,36,38)(H2,31,34,35). The second-order valence-corrected chi connectivity index (χ2v) is 8.94. The molecule has 0 fully saturated rings. The number of nitrogen functional groups attached to an aromatic ring is 1. The Morgan fingerprint density at radius 3 is 2.49 bits per heavy atom. The van der Waals surface area contributed by atoms with Crippen molar-refractivity contribution in [1.82, 2.24) is 24.5 Å². The maximum Gasteiger partial charge on any atom is 0.322 e. The van der Waals surface area contributed by atoms with Gasteiger partial charge in [0, 0.05) is 29.4 Å². The van der Waals surface area contributed by atoms with Gasteiger partial charge in [0.25, 0.3) is 5.91 Å². The Labute approximate surface area is 222 Å². The first-order chi connectivity index (χ1) is 18.6. The van der Waals surface area contributed by atoms with E-state index < -0.39 is 17.5 Å². The number of fused-ring (bicyclic) bond motifs is 1. The first-order valence-electron chi connectivity index (χ1n) is 11.8. The van der Waals surface area contributed by atoms with Gasteiger partial charge in [0.2, 0.25) is 0 Å². The van der Waals surface area contributed by atoms with E-state index in [1.54, 1.807) is 42.8 Å². The molecule has 0 saturated carbocycles. The topological polar surface area (TPSA) is 121 Å². The predicted octanol–water partition coefficient (Wildman–Crippen LogP) is 5.57. The van der Waals surface area contributed by atoms with Crippen molar-refractivity contribution in [1.29, 1.82) is 0 Å². The largest absolute Gasteiger partial charge is 0.424 e. The Kier molecular flexibility index (Phi) is 6.48. The molecule has 11 heteroatoms. The molecular weight excluding hydrogens is 504 g/mol. The third kappa shape index (κ3) is 4.77. The zero-order valence-corrected chi connectivity index (χ0v) is 21.3. The third-order valence-corrected chi connectivity index (χ3v) is 6.13. The van der Waals surface area contributed by atoms with Crippen molar-refractivity contribution in [3.8, 4) is 34.1 Å². The number of benzene rings is 2. The molecule has 1 amide bonds. The molecule has 196 valence electrons. The third-order valence-electron chi connectivity index (χ3n) is 6.13. The van der Waals surface area contributed by atoms with Crippen LogP contribution in [0.15, 0.2) is 67.3 Å². The molecule has 3 N–H and O–H groups in total. The molecule has 0 aliphatic rings. The molecule has 0 spiro atoms. The van der Waals surface area contributed by atoms with E-state index in [2.05, 4.69) is 31.8 Å². The van der Waals surface area contributed by atoms with Crippen LogP contribution in [0.5, 0.6) is 11.8 Å². The molecule has 0 radical (unpaired) electrons. The number of ether oxygens (including phenoxy) is 1. The molecule has 9 nitrogen and oxygen atoms in total. The normalized spacial score (nSPS) is 11.0. The van der Waals surface area contributed by atoms with Crippen LogP contribution in [0.1, 0.15) is 12.5 Å². The van der Waals surface area contributed by atoms with E-state index in [0.717, 1.165) is 18.0 Å². The van der Waals surface area contributed by atoms with Crippen LogP contribution in [0, 0.1) is 18.6 Å². The molecule has 0 aliphatic heterocycles. The van der Waals surface area contributed by atoms with E-state index >= 15 is 4.39 Å². The van der Waals surface area contributed by atoms with Gasteiger partial charge in [-0.05, 0) is 55.3 Å². The van der Waals surface area contributed by atoms with E-state index in [1.165, 1.54) is 12.4 Å². The summed E-state index contributed by atoms with van der Waals surface area (Å²) in [4.78, 5) is 28.2. The molecular formula is C28H23F2N7O2. The Morgan fingerprint density at radius 2 is 1.82 bits per heavy atom. The van der Waals surface area contributed by atoms with Gasteiger partial charge in [0.15, 0.2) is 5.82 Å². The van der Waals surface area contributed by atoms with Crippen LogP contribution in [-0.4, -0.2) is 30.4 Å². The SMILES string of the molecule is C=C(C)C(=O)Nc1ccc(-c2c(-c3ccc(Oc4ncc(F)cn4)c(C)c3)c3c(N)ncnc3n2C)c(F)c1. The van der Waals surface area contributed by atoms with Crippen LogP contribution >= 0.6 is 0 Å². The number of carbonyl (C=O) groups excluding carboxylic acids is 1. The fraction of sp³-hybridized carbons (Fsp3) is 0.107. The van der Waals surface area contributed by atoms with Gasteiger partial charge in [-0.3, -0.25) is 4.79 Å². The van der Waals surface area contributed by atoms with Gasteiger partial charge in [-0.15, -0.1) is 0 Å². The lowest BCUT2D eigenvalue weighted by Gasteiger charge is -2.13. The first kappa shape index (κ1) is 25.5. The molecule has 5 aromatic rings. The molecule has 3 heterocycles. The van der Waals surface area contributed by atoms with Crippen molar-refractivity contribution in [3.05, 3.63) is 84.5 Å². The van der Waals surface area contributed by atoms with Crippen LogP contribution in [0.4, 0.5) is 20.3 Å². The summed E-state index contributed by atoms with van der Waals surface area (Å²) in [7, 11) is 1.76. The number of nitrogens with two attached hydrogens (primary N) is 1. The molecule has 0 bridgehead atoms. The quantitative estimate of drug-likeness (QED) is 0.277. The van der Waals surface area contributed by atoms with Crippen molar-refractivity contribution in [2.75, 3.05) is 11.1 Å². The van der Waals surface area contributed by atoms with Crippen molar-refractivity contribution >= 4 is 28.4 Å². The van der Waals surface area contributed by atoms with Gasteiger partial charge in [0.05, 0.1) is 23.5 Å². The monoisotopic (exact) mass is 527 g/mol. The minimum Gasteiger partial charge on any atom is -0.424 e. The van der Waals surface area contributed by atoms with E-state index in [-0.39, 0.29) is 17.4 Å². The average molecular weight is 528 g/mol. The summed E-state index contributed by atoms with van der Waals surface area (Å²) >= 11 is 0. The Hall–Kier alpha value is -5.19. The molecule has 0 atom stereocenters. The molecule has 0 aliphatic carbocycles. The van der Waals surface area contributed by atoms with E-state index in [9.17, 15) is 9.18 Å². The van der Waals surface area contributed by atoms with Crippen LogP contribution in [0.3, 0.4) is 0 Å². The first-order valence-corrected chi connectivity index (χ1v) is 11.8. The summed E-state index contributed by atoms with van der Waals surface area (Å²) in [5.74, 6) is -0.839. The van der Waals surface area contributed by atoms with Crippen molar-refractivity contribution < 1.29 is 18.3 Å². The summed E-state index contributed by atoms with van der Waals surface area (Å²) in [6, 6.07) is 9.79. The second kappa shape index (κ2) is 9.93. The summed E-state index contributed by atoms with van der Waals surface area (Å²) in [5, 5.41) is 3.18. The number of nitrogens with one attached hydrogen (secondary N) is 1. The fourth-order valence-electron chi connectivity index (χ4n) is 4.27. The lowest BCUT2D eigenvalue weighted by Crippen LogP contribution is -2.12. The zero-order valence-electron chi connectivity index (χ0n) is 21.3. The van der Waals surface area contributed by atoms with Gasteiger partial charge in [-0.25, -0.2) is 28.7 Å². The van der Waals surface area contributed by atoms with Gasteiger partial charge in [0.1, 0.15) is 29.4 Å². The van der Waals surface area contributed by atoms with E-state index in [4.69, 9.17) is 10.5 Å². The fourth-order valence-corrected chi connectivity index (χ4v) is 4.27. The Balaban J connectivity index is 1.64. The van der Waals surface area contributed by atoms with Gasteiger partial charge in [-0.2, -0.15) is 0 Å². The predicted molar refractivity (Wildman–Crippen MR) is 144 cm³/mol. The highest BCUT2D eigenvalue weighted by Gasteiger charge is 2.24. The number of halogens is 2. The number of carbonyl (C=O) groups is 1. The molecule has 3 aromatic heterocycles. The Morgan fingerprint density at radius 1 is 1.08 bits per heavy atom. The van der Waals surface area contributed by atoms with Crippen LogP contribution in [0.2, 0.25) is 0 Å². The number of nitrogens with zero attached hydrogens (tertiary/aromatic N) is 5. The number of amides is 1. The van der Waals surface area contributed by atoms with E-state index in [0.29, 0.717) is 44.9 Å². The van der Waals surface area contributed by atoms with Crippen molar-refractivity contribution in [2.45, 2.75) is 13.8 Å². The Bertz CT molecular complexity index is 1760. The minimum atomic E-state index is -0.573. The van der Waals surface area contributed by atoms with Gasteiger partial charge in [-0.1, -0.05) is 12.6 Å². The van der Waals surface area contributed by atoms with Crippen molar-refractivity contribution in [2.24, 2.45) is 7.05 Å². The number of hydrogen-bond acceptors (Lipinski definition) is 7. The average Bonchev–Trinajstić information content (AvgIpc) is 3.20. The van der Waals surface area contributed by atoms with Crippen LogP contribution < -0.4 is 15.8 Å². The molecule has 2 aromatic carbocycles. The van der Waals surface area contributed by atoms with Gasteiger partial charge < -0.3 is 20.4 Å². The number of aromatic nitrogens is 5. The summed E-state index contributed by atoms with van der Waals surface area (Å²) in [6.45, 7) is 7.00. The van der Waals surface area contributed by atoms with Crippen molar-refractivity contribution in [3.63, 3.8) is 0 Å². The number of rotatable bonds is 6. The minimum absolute atomic E-state index is 0.00311. The summed E-state index contributed by atoms with van der Waals surface area (Å²) in [5.41, 5.74) is 10.3.